The lowest BCUT2D eigenvalue weighted by Crippen LogP contribution is -2.36. The minimum atomic E-state index is 0.131. The van der Waals surface area contributed by atoms with Gasteiger partial charge in [0.1, 0.15) is 0 Å². The summed E-state index contributed by atoms with van der Waals surface area (Å²) in [5.74, 6) is 0.943. The molecule has 20 heavy (non-hydrogen) atoms. The van der Waals surface area contributed by atoms with Crippen molar-refractivity contribution in [1.82, 2.24) is 5.32 Å². The Morgan fingerprint density at radius 1 is 1.30 bits per heavy atom. The van der Waals surface area contributed by atoms with Crippen LogP contribution in [-0.2, 0) is 11.2 Å². The number of nitrogens with zero attached hydrogens (tertiary/aromatic N) is 1. The number of hydrogen-bond donors (Lipinski definition) is 1. The Balaban J connectivity index is 1.80. The van der Waals surface area contributed by atoms with Crippen LogP contribution in [-0.4, -0.2) is 26.0 Å². The summed E-state index contributed by atoms with van der Waals surface area (Å²) in [5, 5.41) is 3.25. The van der Waals surface area contributed by atoms with Crippen molar-refractivity contribution in [3.63, 3.8) is 0 Å². The molecule has 110 valence electrons. The number of carbonyl (C=O) groups excluding carboxylic acids is 1. The van der Waals surface area contributed by atoms with Gasteiger partial charge in [0.15, 0.2) is 0 Å². The lowest BCUT2D eigenvalue weighted by atomic mass is 10.1. The smallest absolute Gasteiger partial charge is 0.240 e. The average Bonchev–Trinajstić information content (AvgIpc) is 3.29. The maximum atomic E-state index is 12.1. The molecule has 0 saturated heterocycles. The number of rotatable bonds is 8. The summed E-state index contributed by atoms with van der Waals surface area (Å²) in [6.45, 7) is 3.62. The van der Waals surface area contributed by atoms with Crippen LogP contribution in [0.4, 0.5) is 5.69 Å². The van der Waals surface area contributed by atoms with Crippen LogP contribution < -0.4 is 10.2 Å². The maximum absolute atomic E-state index is 12.1. The van der Waals surface area contributed by atoms with E-state index in [9.17, 15) is 4.79 Å². The standard InChI is InChI=1S/C17H26N2O/c1-3-4-5-14-8-10-16(11-9-14)19(2)17(20)13-18-12-15-6-7-15/h8-11,15,18H,3-7,12-13H2,1-2H3. The van der Waals surface area contributed by atoms with E-state index < -0.39 is 0 Å². The summed E-state index contributed by atoms with van der Waals surface area (Å²) in [6.07, 6.45) is 6.19. The number of unbranched alkanes of at least 4 members (excludes halogenated alkanes) is 1. The third-order valence-corrected chi connectivity index (χ3v) is 3.92. The zero-order chi connectivity index (χ0) is 14.4. The number of likely N-dealkylation sites (N-methyl/N-ethyl adjacent to an activating group) is 1. The fraction of sp³-hybridized carbons (Fsp3) is 0.588. The summed E-state index contributed by atoms with van der Waals surface area (Å²) in [4.78, 5) is 13.8. The number of nitrogens with one attached hydrogen (secondary N) is 1. The number of anilines is 1. The molecule has 1 aliphatic carbocycles. The van der Waals surface area contributed by atoms with Crippen molar-refractivity contribution in [1.29, 1.82) is 0 Å². The molecule has 1 aromatic carbocycles. The minimum absolute atomic E-state index is 0.131. The highest BCUT2D eigenvalue weighted by atomic mass is 16.2. The molecule has 0 bridgehead atoms. The Labute approximate surface area is 122 Å². The van der Waals surface area contributed by atoms with Gasteiger partial charge in [0.2, 0.25) is 5.91 Å². The van der Waals surface area contributed by atoms with Gasteiger partial charge in [0.05, 0.1) is 6.54 Å². The van der Waals surface area contributed by atoms with Crippen LogP contribution in [0, 0.1) is 5.92 Å². The maximum Gasteiger partial charge on any atom is 0.240 e. The molecule has 1 aromatic rings. The van der Waals surface area contributed by atoms with Crippen molar-refractivity contribution < 1.29 is 4.79 Å². The summed E-state index contributed by atoms with van der Waals surface area (Å²) in [6, 6.07) is 8.35. The van der Waals surface area contributed by atoms with Gasteiger partial charge in [-0.15, -0.1) is 0 Å². The fourth-order valence-electron chi connectivity index (χ4n) is 2.23. The van der Waals surface area contributed by atoms with E-state index in [1.807, 2.05) is 19.2 Å². The molecule has 2 rings (SSSR count). The molecule has 1 fully saturated rings. The molecule has 0 aromatic heterocycles. The predicted octanol–water partition coefficient (Wildman–Crippen LogP) is 2.99. The van der Waals surface area contributed by atoms with Crippen LogP contribution in [0.1, 0.15) is 38.2 Å². The van der Waals surface area contributed by atoms with E-state index in [1.54, 1.807) is 4.90 Å². The molecule has 1 amide bonds. The second-order valence-electron chi connectivity index (χ2n) is 5.80. The van der Waals surface area contributed by atoms with Gasteiger partial charge >= 0.3 is 0 Å². The molecule has 1 aliphatic rings. The summed E-state index contributed by atoms with van der Waals surface area (Å²) < 4.78 is 0. The molecule has 0 unspecified atom stereocenters. The van der Waals surface area contributed by atoms with Gasteiger partial charge < -0.3 is 10.2 Å². The molecule has 0 atom stereocenters. The van der Waals surface area contributed by atoms with Gasteiger partial charge in [-0.25, -0.2) is 0 Å². The summed E-state index contributed by atoms with van der Waals surface area (Å²) in [5.41, 5.74) is 2.33. The van der Waals surface area contributed by atoms with Crippen LogP contribution in [0.15, 0.2) is 24.3 Å². The monoisotopic (exact) mass is 274 g/mol. The van der Waals surface area contributed by atoms with Crippen molar-refractivity contribution in [3.05, 3.63) is 29.8 Å². The van der Waals surface area contributed by atoms with Crippen molar-refractivity contribution in [2.45, 2.75) is 39.0 Å². The van der Waals surface area contributed by atoms with E-state index in [2.05, 4.69) is 24.4 Å². The lowest BCUT2D eigenvalue weighted by Gasteiger charge is -2.18. The first-order valence-electron chi connectivity index (χ1n) is 7.77. The van der Waals surface area contributed by atoms with E-state index in [0.29, 0.717) is 6.54 Å². The normalized spacial score (nSPS) is 14.3. The number of carbonyl (C=O) groups is 1. The first-order chi connectivity index (χ1) is 9.70. The molecule has 0 aliphatic heterocycles. The van der Waals surface area contributed by atoms with E-state index in [4.69, 9.17) is 0 Å². The number of hydrogen-bond acceptors (Lipinski definition) is 2. The Kier molecular flexibility index (Phi) is 5.60. The molecule has 0 radical (unpaired) electrons. The number of amides is 1. The van der Waals surface area contributed by atoms with E-state index in [1.165, 1.54) is 31.2 Å². The Morgan fingerprint density at radius 2 is 2.00 bits per heavy atom. The average molecular weight is 274 g/mol. The molecule has 0 spiro atoms. The Morgan fingerprint density at radius 3 is 2.60 bits per heavy atom. The van der Waals surface area contributed by atoms with Crippen LogP contribution >= 0.6 is 0 Å². The zero-order valence-corrected chi connectivity index (χ0v) is 12.7. The topological polar surface area (TPSA) is 32.3 Å². The second kappa shape index (κ2) is 7.44. The molecule has 0 heterocycles. The highest BCUT2D eigenvalue weighted by Gasteiger charge is 2.21. The summed E-state index contributed by atoms with van der Waals surface area (Å²) >= 11 is 0. The minimum Gasteiger partial charge on any atom is -0.314 e. The Hall–Kier alpha value is -1.35. The van der Waals surface area contributed by atoms with E-state index in [0.717, 1.165) is 24.6 Å². The highest BCUT2D eigenvalue weighted by Crippen LogP contribution is 2.27. The van der Waals surface area contributed by atoms with Crippen molar-refractivity contribution in [2.75, 3.05) is 25.0 Å². The number of aryl methyl sites for hydroxylation is 1. The molecular weight excluding hydrogens is 248 g/mol. The molecular formula is C17H26N2O. The van der Waals surface area contributed by atoms with Crippen molar-refractivity contribution >= 4 is 11.6 Å². The van der Waals surface area contributed by atoms with Gasteiger partial charge in [-0.3, -0.25) is 4.79 Å². The van der Waals surface area contributed by atoms with Crippen molar-refractivity contribution in [2.24, 2.45) is 5.92 Å². The molecule has 3 nitrogen and oxygen atoms in total. The highest BCUT2D eigenvalue weighted by molar-refractivity contribution is 5.94. The predicted molar refractivity (Wildman–Crippen MR) is 84.1 cm³/mol. The van der Waals surface area contributed by atoms with Crippen LogP contribution in [0.5, 0.6) is 0 Å². The summed E-state index contributed by atoms with van der Waals surface area (Å²) in [7, 11) is 1.85. The van der Waals surface area contributed by atoms with Gasteiger partial charge in [-0.2, -0.15) is 0 Å². The van der Waals surface area contributed by atoms with E-state index in [-0.39, 0.29) is 5.91 Å². The first-order valence-corrected chi connectivity index (χ1v) is 7.77. The quantitative estimate of drug-likeness (QED) is 0.790. The number of benzene rings is 1. The lowest BCUT2D eigenvalue weighted by molar-refractivity contribution is -0.117. The van der Waals surface area contributed by atoms with Gasteiger partial charge in [-0.1, -0.05) is 25.5 Å². The first kappa shape index (κ1) is 15.0. The molecule has 3 heteroatoms. The van der Waals surface area contributed by atoms with Crippen LogP contribution in [0.25, 0.3) is 0 Å². The molecule has 1 N–H and O–H groups in total. The van der Waals surface area contributed by atoms with Gasteiger partial charge in [0, 0.05) is 12.7 Å². The van der Waals surface area contributed by atoms with Gasteiger partial charge in [0.25, 0.3) is 0 Å². The second-order valence-corrected chi connectivity index (χ2v) is 5.80. The van der Waals surface area contributed by atoms with Crippen LogP contribution in [0.3, 0.4) is 0 Å². The largest absolute Gasteiger partial charge is 0.314 e. The van der Waals surface area contributed by atoms with Crippen LogP contribution in [0.2, 0.25) is 0 Å². The van der Waals surface area contributed by atoms with Crippen molar-refractivity contribution in [3.8, 4) is 0 Å². The Bertz CT molecular complexity index is 423. The fourth-order valence-corrected chi connectivity index (χ4v) is 2.23. The van der Waals surface area contributed by atoms with E-state index >= 15 is 0 Å². The van der Waals surface area contributed by atoms with Gasteiger partial charge in [-0.05, 0) is 55.8 Å². The third kappa shape index (κ3) is 4.64. The zero-order valence-electron chi connectivity index (χ0n) is 12.7. The SMILES string of the molecule is CCCCc1ccc(N(C)C(=O)CNCC2CC2)cc1. The third-order valence-electron chi connectivity index (χ3n) is 3.92. The molecule has 1 saturated carbocycles.